The fourth-order valence-corrected chi connectivity index (χ4v) is 4.82. The Balaban J connectivity index is 1.36. The van der Waals surface area contributed by atoms with E-state index >= 15 is 0 Å². The van der Waals surface area contributed by atoms with E-state index in [1.54, 1.807) is 0 Å². The van der Waals surface area contributed by atoms with Gasteiger partial charge in [-0.2, -0.15) is 0 Å². The van der Waals surface area contributed by atoms with Gasteiger partial charge in [0, 0.05) is 54.9 Å². The normalized spacial score (nSPS) is 22.1. The molecule has 6 rings (SSSR count). The first kappa shape index (κ1) is 18.7. The number of rotatable bonds is 4. The Bertz CT molecular complexity index is 1250. The van der Waals surface area contributed by atoms with Crippen LogP contribution in [-0.2, 0) is 4.74 Å². The van der Waals surface area contributed by atoms with Crippen LogP contribution >= 0.6 is 0 Å². The largest absolute Gasteiger partial charge is 0.381 e. The Morgan fingerprint density at radius 2 is 1.97 bits per heavy atom. The number of hydrogen-bond acceptors (Lipinski definition) is 7. The molecule has 3 N–H and O–H groups in total. The molecule has 2 fully saturated rings. The summed E-state index contributed by atoms with van der Waals surface area (Å²) < 4.78 is 9.75. The molecule has 0 bridgehead atoms. The van der Waals surface area contributed by atoms with Crippen LogP contribution in [0.2, 0.25) is 0 Å². The van der Waals surface area contributed by atoms with Gasteiger partial charge in [-0.25, -0.2) is 19.5 Å². The lowest BCUT2D eigenvalue weighted by Gasteiger charge is -2.32. The average Bonchev–Trinajstić information content (AvgIpc) is 3.32. The summed E-state index contributed by atoms with van der Waals surface area (Å²) in [4.78, 5) is 13.9. The number of imidazole rings is 1. The molecule has 4 aromatic rings. The molecule has 0 aromatic carbocycles. The lowest BCUT2D eigenvalue weighted by atomic mass is 9.88. The van der Waals surface area contributed by atoms with Gasteiger partial charge in [0.15, 0.2) is 5.65 Å². The van der Waals surface area contributed by atoms with Crippen molar-refractivity contribution in [3.05, 3.63) is 36.5 Å². The van der Waals surface area contributed by atoms with Crippen molar-refractivity contribution in [2.75, 3.05) is 18.5 Å². The number of hydrogen-bond donors (Lipinski definition) is 2. The highest BCUT2D eigenvalue weighted by Crippen LogP contribution is 2.31. The first-order valence-electron chi connectivity index (χ1n) is 10.9. The minimum Gasteiger partial charge on any atom is -0.381 e. The predicted octanol–water partition coefficient (Wildman–Crippen LogP) is 2.70. The smallest absolute Gasteiger partial charge is 0.241 e. The van der Waals surface area contributed by atoms with Crippen molar-refractivity contribution in [3.63, 3.8) is 0 Å². The molecular formula is C22H26N8O. The molecule has 0 amide bonds. The molecule has 0 unspecified atom stereocenters. The number of nitrogens with zero attached hydrogens (tertiary/aromatic N) is 6. The van der Waals surface area contributed by atoms with Gasteiger partial charge in [-0.05, 0) is 44.7 Å². The molecule has 9 heteroatoms. The monoisotopic (exact) mass is 418 g/mol. The Morgan fingerprint density at radius 3 is 2.77 bits per heavy atom. The topological polar surface area (TPSA) is 108 Å². The summed E-state index contributed by atoms with van der Waals surface area (Å²) in [5.41, 5.74) is 10.8. The van der Waals surface area contributed by atoms with Crippen molar-refractivity contribution < 1.29 is 4.74 Å². The average molecular weight is 419 g/mol. The molecule has 1 saturated carbocycles. The molecule has 0 spiro atoms. The van der Waals surface area contributed by atoms with Gasteiger partial charge in [-0.15, -0.1) is 5.10 Å². The Labute approximate surface area is 179 Å². The van der Waals surface area contributed by atoms with Gasteiger partial charge in [0.2, 0.25) is 5.95 Å². The van der Waals surface area contributed by atoms with E-state index in [9.17, 15) is 0 Å². The summed E-state index contributed by atoms with van der Waals surface area (Å²) in [5.74, 6) is 1.64. The molecule has 1 saturated heterocycles. The van der Waals surface area contributed by atoms with Crippen molar-refractivity contribution in [2.24, 2.45) is 5.73 Å². The number of aromatic nitrogens is 6. The van der Waals surface area contributed by atoms with Crippen LogP contribution in [0.1, 0.15) is 37.5 Å². The van der Waals surface area contributed by atoms with E-state index in [1.165, 1.54) is 0 Å². The molecule has 2 aliphatic rings. The minimum atomic E-state index is 0.292. The van der Waals surface area contributed by atoms with Gasteiger partial charge in [-0.1, -0.05) is 0 Å². The van der Waals surface area contributed by atoms with Crippen LogP contribution < -0.4 is 11.1 Å². The maximum Gasteiger partial charge on any atom is 0.241 e. The summed E-state index contributed by atoms with van der Waals surface area (Å²) >= 11 is 0. The highest BCUT2D eigenvalue weighted by atomic mass is 16.5. The van der Waals surface area contributed by atoms with E-state index < -0.39 is 0 Å². The first-order valence-corrected chi connectivity index (χ1v) is 10.9. The third-order valence-corrected chi connectivity index (χ3v) is 6.51. The van der Waals surface area contributed by atoms with Crippen molar-refractivity contribution in [1.82, 2.24) is 29.1 Å². The number of nitrogens with two attached hydrogens (primary N) is 1. The van der Waals surface area contributed by atoms with E-state index in [-0.39, 0.29) is 0 Å². The predicted molar refractivity (Wildman–Crippen MR) is 118 cm³/mol. The van der Waals surface area contributed by atoms with Crippen LogP contribution in [0.3, 0.4) is 0 Å². The highest BCUT2D eigenvalue weighted by Gasteiger charge is 2.26. The molecule has 1 aliphatic heterocycles. The standard InChI is InChI=1S/C22H26N8O/c1-13-26-21-19(30(13)17-3-6-31-7-4-17)8-14(11-24-21)18-2-5-29-20(18)12-25-22(28-29)27-16-9-15(23)10-16/h2,5,8,11-12,15-17H,3-4,6-7,9-10,23H2,1H3,(H,27,28)/t15-,16+. The zero-order chi connectivity index (χ0) is 20.9. The van der Waals surface area contributed by atoms with Crippen LogP contribution in [0.5, 0.6) is 0 Å². The minimum absolute atomic E-state index is 0.292. The molecule has 4 aromatic heterocycles. The van der Waals surface area contributed by atoms with Crippen molar-refractivity contribution in [2.45, 2.75) is 50.7 Å². The fourth-order valence-electron chi connectivity index (χ4n) is 4.82. The molecule has 5 heterocycles. The van der Waals surface area contributed by atoms with Crippen LogP contribution in [0, 0.1) is 6.92 Å². The third-order valence-electron chi connectivity index (χ3n) is 6.51. The summed E-state index contributed by atoms with van der Waals surface area (Å²) in [7, 11) is 0. The van der Waals surface area contributed by atoms with Crippen molar-refractivity contribution in [1.29, 1.82) is 0 Å². The molecular weight excluding hydrogens is 392 g/mol. The molecule has 0 radical (unpaired) electrons. The van der Waals surface area contributed by atoms with Gasteiger partial charge in [0.25, 0.3) is 0 Å². The second kappa shape index (κ2) is 7.28. The number of fused-ring (bicyclic) bond motifs is 2. The summed E-state index contributed by atoms with van der Waals surface area (Å²) in [5, 5.41) is 7.99. The second-order valence-electron chi connectivity index (χ2n) is 8.65. The lowest BCUT2D eigenvalue weighted by Crippen LogP contribution is -2.44. The zero-order valence-electron chi connectivity index (χ0n) is 17.5. The van der Waals surface area contributed by atoms with E-state index in [0.29, 0.717) is 24.1 Å². The number of nitrogens with one attached hydrogen (secondary N) is 1. The van der Waals surface area contributed by atoms with Crippen molar-refractivity contribution >= 4 is 22.6 Å². The van der Waals surface area contributed by atoms with Gasteiger partial charge in [0.05, 0.1) is 17.2 Å². The molecule has 31 heavy (non-hydrogen) atoms. The second-order valence-corrected chi connectivity index (χ2v) is 8.65. The quantitative estimate of drug-likeness (QED) is 0.524. The number of anilines is 1. The summed E-state index contributed by atoms with van der Waals surface area (Å²) in [6.45, 7) is 3.64. The summed E-state index contributed by atoms with van der Waals surface area (Å²) in [6.07, 6.45) is 9.65. The molecule has 1 aliphatic carbocycles. The summed E-state index contributed by atoms with van der Waals surface area (Å²) in [6, 6.07) is 5.31. The van der Waals surface area contributed by atoms with Gasteiger partial charge in [-0.3, -0.25) is 0 Å². The van der Waals surface area contributed by atoms with Crippen LogP contribution in [0.15, 0.2) is 30.7 Å². The molecule has 0 atom stereocenters. The van der Waals surface area contributed by atoms with E-state index in [1.807, 2.05) is 23.1 Å². The van der Waals surface area contributed by atoms with Gasteiger partial charge in [0.1, 0.15) is 5.82 Å². The van der Waals surface area contributed by atoms with Gasteiger partial charge < -0.3 is 20.4 Å². The van der Waals surface area contributed by atoms with E-state index in [4.69, 9.17) is 15.5 Å². The SMILES string of the molecule is Cc1nc2ncc(-c3ccn4nc(N[C@H]5C[C@@H](N)C5)ncc34)cc2n1C1CCOCC1. The van der Waals surface area contributed by atoms with Crippen LogP contribution in [0.25, 0.3) is 27.8 Å². The van der Waals surface area contributed by atoms with E-state index in [2.05, 4.69) is 44.0 Å². The van der Waals surface area contributed by atoms with Crippen molar-refractivity contribution in [3.8, 4) is 11.1 Å². The molecule has 9 nitrogen and oxygen atoms in total. The number of pyridine rings is 1. The maximum absolute atomic E-state index is 5.88. The molecule has 160 valence electrons. The van der Waals surface area contributed by atoms with Crippen LogP contribution in [0.4, 0.5) is 5.95 Å². The van der Waals surface area contributed by atoms with E-state index in [0.717, 1.165) is 72.5 Å². The zero-order valence-corrected chi connectivity index (χ0v) is 17.5. The third kappa shape index (κ3) is 3.24. The van der Waals surface area contributed by atoms with Crippen LogP contribution in [-0.4, -0.2) is 54.4 Å². The maximum atomic E-state index is 5.88. The Hall–Kier alpha value is -3.04. The lowest BCUT2D eigenvalue weighted by molar-refractivity contribution is 0.0701. The fraction of sp³-hybridized carbons (Fsp3) is 0.455. The Morgan fingerprint density at radius 1 is 1.13 bits per heavy atom. The highest BCUT2D eigenvalue weighted by molar-refractivity contribution is 5.85. The Kier molecular flexibility index (Phi) is 4.39. The first-order chi connectivity index (χ1) is 15.2. The number of ether oxygens (including phenoxy) is 1. The number of aryl methyl sites for hydroxylation is 1. The van der Waals surface area contributed by atoms with Gasteiger partial charge >= 0.3 is 0 Å².